The third-order valence-corrected chi connectivity index (χ3v) is 5.24. The van der Waals surface area contributed by atoms with Crippen LogP contribution in [0.5, 0.6) is 5.75 Å². The van der Waals surface area contributed by atoms with Crippen molar-refractivity contribution in [1.29, 1.82) is 0 Å². The molecular weight excluding hydrogens is 318 g/mol. The van der Waals surface area contributed by atoms with Crippen LogP contribution in [0.2, 0.25) is 0 Å². The normalized spacial score (nSPS) is 19.7. The molecule has 0 unspecified atom stereocenters. The third-order valence-electron chi connectivity index (χ3n) is 3.97. The molecule has 23 heavy (non-hydrogen) atoms. The van der Waals surface area contributed by atoms with Crippen LogP contribution in [0.15, 0.2) is 28.8 Å². The maximum Gasteiger partial charge on any atom is 0.231 e. The van der Waals surface area contributed by atoms with Gasteiger partial charge in [0, 0.05) is 18.7 Å². The van der Waals surface area contributed by atoms with Crippen LogP contribution in [0.25, 0.3) is 11.4 Å². The summed E-state index contributed by atoms with van der Waals surface area (Å²) in [6.45, 7) is 0.935. The average molecular weight is 337 g/mol. The minimum absolute atomic E-state index is 0.0645. The molecule has 124 valence electrons. The Morgan fingerprint density at radius 3 is 2.96 bits per heavy atom. The van der Waals surface area contributed by atoms with Crippen LogP contribution in [0, 0.1) is 0 Å². The van der Waals surface area contributed by atoms with E-state index in [0.717, 1.165) is 24.2 Å². The van der Waals surface area contributed by atoms with E-state index in [1.54, 1.807) is 7.11 Å². The number of hydrogen-bond acceptors (Lipinski definition) is 6. The number of rotatable bonds is 4. The predicted molar refractivity (Wildman–Crippen MR) is 84.7 cm³/mol. The molecule has 0 amide bonds. The fourth-order valence-electron chi connectivity index (χ4n) is 2.73. The van der Waals surface area contributed by atoms with Crippen LogP contribution in [0.1, 0.15) is 24.7 Å². The fourth-order valence-corrected chi connectivity index (χ4v) is 3.64. The van der Waals surface area contributed by atoms with Gasteiger partial charge in [0.05, 0.1) is 19.3 Å². The summed E-state index contributed by atoms with van der Waals surface area (Å²) in [5.74, 6) is 1.62. The van der Waals surface area contributed by atoms with Crippen molar-refractivity contribution < 1.29 is 17.7 Å². The van der Waals surface area contributed by atoms with Gasteiger partial charge in [0.15, 0.2) is 0 Å². The summed E-state index contributed by atoms with van der Waals surface area (Å²) in [6, 6.07) is 7.41. The van der Waals surface area contributed by atoms with Crippen molar-refractivity contribution in [3.63, 3.8) is 0 Å². The molecule has 1 fully saturated rings. The fraction of sp³-hybridized carbons (Fsp3) is 0.467. The zero-order valence-electron chi connectivity index (χ0n) is 13.1. The highest BCUT2D eigenvalue weighted by Gasteiger charge is 2.30. The van der Waals surface area contributed by atoms with Crippen molar-refractivity contribution in [2.75, 3.05) is 26.5 Å². The van der Waals surface area contributed by atoms with Gasteiger partial charge in [-0.05, 0) is 25.0 Å². The number of hydrogen-bond donors (Lipinski definition) is 0. The lowest BCUT2D eigenvalue weighted by Gasteiger charge is -2.28. The van der Waals surface area contributed by atoms with Gasteiger partial charge in [0.2, 0.25) is 21.7 Å². The third kappa shape index (κ3) is 3.53. The molecule has 1 aliphatic heterocycles. The highest BCUT2D eigenvalue weighted by molar-refractivity contribution is 7.88. The van der Waals surface area contributed by atoms with Crippen LogP contribution >= 0.6 is 0 Å². The SMILES string of the molecule is COc1cccc(-c2noc([C@@H]3CCCN(S(C)(=O)=O)C3)n2)c1. The molecule has 8 heteroatoms. The lowest BCUT2D eigenvalue weighted by molar-refractivity contribution is 0.266. The van der Waals surface area contributed by atoms with Crippen molar-refractivity contribution >= 4 is 10.0 Å². The van der Waals surface area contributed by atoms with Crippen molar-refractivity contribution in [2.45, 2.75) is 18.8 Å². The largest absolute Gasteiger partial charge is 0.497 e. The van der Waals surface area contributed by atoms with E-state index in [4.69, 9.17) is 9.26 Å². The van der Waals surface area contributed by atoms with Crippen molar-refractivity contribution in [2.24, 2.45) is 0 Å². The zero-order chi connectivity index (χ0) is 16.4. The Morgan fingerprint density at radius 1 is 1.39 bits per heavy atom. The highest BCUT2D eigenvalue weighted by Crippen LogP contribution is 2.29. The van der Waals surface area contributed by atoms with Crippen LogP contribution in [0.3, 0.4) is 0 Å². The maximum absolute atomic E-state index is 11.7. The first-order valence-corrected chi connectivity index (χ1v) is 9.25. The van der Waals surface area contributed by atoms with Gasteiger partial charge < -0.3 is 9.26 Å². The Balaban J connectivity index is 1.81. The lowest BCUT2D eigenvalue weighted by Crippen LogP contribution is -2.38. The van der Waals surface area contributed by atoms with Gasteiger partial charge in [-0.3, -0.25) is 0 Å². The number of piperidine rings is 1. The molecule has 2 heterocycles. The van der Waals surface area contributed by atoms with E-state index in [1.165, 1.54) is 10.6 Å². The second-order valence-electron chi connectivity index (χ2n) is 5.65. The van der Waals surface area contributed by atoms with Gasteiger partial charge in [-0.1, -0.05) is 17.3 Å². The number of sulfonamides is 1. The van der Waals surface area contributed by atoms with E-state index in [2.05, 4.69) is 10.1 Å². The second kappa shape index (κ2) is 6.29. The Morgan fingerprint density at radius 2 is 2.22 bits per heavy atom. The van der Waals surface area contributed by atoms with E-state index in [0.29, 0.717) is 24.8 Å². The predicted octanol–water partition coefficient (Wildman–Crippen LogP) is 1.88. The number of nitrogens with zero attached hydrogens (tertiary/aromatic N) is 3. The van der Waals surface area contributed by atoms with Crippen LogP contribution in [0.4, 0.5) is 0 Å². The molecule has 1 saturated heterocycles. The van der Waals surface area contributed by atoms with Crippen LogP contribution in [-0.4, -0.2) is 49.3 Å². The summed E-state index contributed by atoms with van der Waals surface area (Å²) in [5.41, 5.74) is 0.801. The molecule has 0 saturated carbocycles. The van der Waals surface area contributed by atoms with Gasteiger partial charge in [-0.2, -0.15) is 4.98 Å². The zero-order valence-corrected chi connectivity index (χ0v) is 13.9. The molecule has 3 rings (SSSR count). The summed E-state index contributed by atoms with van der Waals surface area (Å²) in [4.78, 5) is 4.44. The molecule has 1 aromatic carbocycles. The standard InChI is InChI=1S/C15H19N3O4S/c1-21-13-7-3-5-11(9-13)14-16-15(22-17-14)12-6-4-8-18(10-12)23(2,19)20/h3,5,7,9,12H,4,6,8,10H2,1-2H3/t12-/m1/s1. The van der Waals surface area contributed by atoms with Gasteiger partial charge >= 0.3 is 0 Å². The molecule has 0 radical (unpaired) electrons. The van der Waals surface area contributed by atoms with E-state index in [-0.39, 0.29) is 5.92 Å². The summed E-state index contributed by atoms with van der Waals surface area (Å²) in [6.07, 6.45) is 2.85. The van der Waals surface area contributed by atoms with Crippen molar-refractivity contribution in [3.05, 3.63) is 30.2 Å². The summed E-state index contributed by atoms with van der Waals surface area (Å²) in [7, 11) is -1.59. The summed E-state index contributed by atoms with van der Waals surface area (Å²) < 4.78 is 35.4. The maximum atomic E-state index is 11.7. The number of aromatic nitrogens is 2. The minimum atomic E-state index is -3.19. The second-order valence-corrected chi connectivity index (χ2v) is 7.63. The minimum Gasteiger partial charge on any atom is -0.497 e. The molecule has 0 bridgehead atoms. The number of ether oxygens (including phenoxy) is 1. The van der Waals surface area contributed by atoms with Gasteiger partial charge in [-0.15, -0.1) is 0 Å². The molecule has 1 aromatic heterocycles. The molecule has 7 nitrogen and oxygen atoms in total. The van der Waals surface area contributed by atoms with E-state index in [9.17, 15) is 8.42 Å². The molecule has 2 aromatic rings. The lowest BCUT2D eigenvalue weighted by atomic mass is 10.00. The number of methoxy groups -OCH3 is 1. The van der Waals surface area contributed by atoms with Crippen LogP contribution in [-0.2, 0) is 10.0 Å². The monoisotopic (exact) mass is 337 g/mol. The Labute approximate surface area is 135 Å². The smallest absolute Gasteiger partial charge is 0.231 e. The van der Waals surface area contributed by atoms with Gasteiger partial charge in [0.25, 0.3) is 0 Å². The van der Waals surface area contributed by atoms with Gasteiger partial charge in [0.1, 0.15) is 5.75 Å². The van der Waals surface area contributed by atoms with Crippen molar-refractivity contribution in [1.82, 2.24) is 14.4 Å². The molecule has 1 atom stereocenters. The van der Waals surface area contributed by atoms with Crippen LogP contribution < -0.4 is 4.74 Å². The first kappa shape index (κ1) is 15.9. The quantitative estimate of drug-likeness (QED) is 0.847. The van der Waals surface area contributed by atoms with E-state index >= 15 is 0 Å². The highest BCUT2D eigenvalue weighted by atomic mass is 32.2. The Kier molecular flexibility index (Phi) is 4.36. The van der Waals surface area contributed by atoms with Crippen molar-refractivity contribution in [3.8, 4) is 17.1 Å². The first-order valence-electron chi connectivity index (χ1n) is 7.40. The Bertz CT molecular complexity index is 788. The molecule has 0 aliphatic carbocycles. The summed E-state index contributed by atoms with van der Waals surface area (Å²) >= 11 is 0. The summed E-state index contributed by atoms with van der Waals surface area (Å²) in [5, 5.41) is 4.01. The first-order chi connectivity index (χ1) is 11.0. The average Bonchev–Trinajstić information content (AvgIpc) is 3.04. The molecule has 1 aliphatic rings. The Hall–Kier alpha value is -1.93. The number of benzene rings is 1. The topological polar surface area (TPSA) is 85.5 Å². The van der Waals surface area contributed by atoms with E-state index < -0.39 is 10.0 Å². The van der Waals surface area contributed by atoms with E-state index in [1.807, 2.05) is 24.3 Å². The van der Waals surface area contributed by atoms with Gasteiger partial charge in [-0.25, -0.2) is 12.7 Å². The molecular formula is C15H19N3O4S. The molecule has 0 spiro atoms. The molecule has 0 N–H and O–H groups in total.